The van der Waals surface area contributed by atoms with Gasteiger partial charge < -0.3 is 20.4 Å². The van der Waals surface area contributed by atoms with Gasteiger partial charge in [0.05, 0.1) is 12.6 Å². The number of aromatic amines is 1. The first-order valence-electron chi connectivity index (χ1n) is 6.01. The minimum atomic E-state index is -0.455. The molecule has 0 aliphatic carbocycles. The molecule has 0 radical (unpaired) electrons. The van der Waals surface area contributed by atoms with E-state index in [4.69, 9.17) is 4.74 Å². The summed E-state index contributed by atoms with van der Waals surface area (Å²) in [6.45, 7) is 3.82. The number of urea groups is 1. The molecule has 0 saturated heterocycles. The first-order valence-corrected chi connectivity index (χ1v) is 6.01. The van der Waals surface area contributed by atoms with Crippen molar-refractivity contribution in [2.45, 2.75) is 0 Å². The molecule has 1 aromatic heterocycles. The summed E-state index contributed by atoms with van der Waals surface area (Å²) < 4.78 is 5.09. The minimum absolute atomic E-state index is 0.184. The zero-order chi connectivity index (χ0) is 14.5. The Hall–Kier alpha value is -2.76. The molecule has 0 unspecified atom stereocenters. The Morgan fingerprint density at radius 2 is 2.30 bits per heavy atom. The van der Waals surface area contributed by atoms with Crippen LogP contribution >= 0.6 is 0 Å². The van der Waals surface area contributed by atoms with Gasteiger partial charge in [-0.15, -0.1) is 6.58 Å². The molecule has 6 nitrogen and oxygen atoms in total. The van der Waals surface area contributed by atoms with Gasteiger partial charge in [0.2, 0.25) is 5.43 Å². The summed E-state index contributed by atoms with van der Waals surface area (Å²) in [6.07, 6.45) is 3.01. The van der Waals surface area contributed by atoms with Crippen LogP contribution in [0, 0.1) is 0 Å². The molecule has 20 heavy (non-hydrogen) atoms. The molecule has 6 heteroatoms. The van der Waals surface area contributed by atoms with Gasteiger partial charge in [-0.25, -0.2) is 4.79 Å². The standard InChI is InChI=1S/C14H15N3O3/c1-3-6-15-14(19)17-12-8-16-11-7-9(20-2)4-5-10(11)13(12)18/h3-5,7-8H,1,6H2,2H3,(H,16,18)(H2,15,17,19). The molecule has 3 N–H and O–H groups in total. The number of hydrogen-bond acceptors (Lipinski definition) is 3. The number of H-pyrrole nitrogens is 1. The Morgan fingerprint density at radius 3 is 3.00 bits per heavy atom. The van der Waals surface area contributed by atoms with Gasteiger partial charge in [-0.2, -0.15) is 0 Å². The molecule has 0 fully saturated rings. The number of aromatic nitrogens is 1. The molecular formula is C14H15N3O3. The number of methoxy groups -OCH3 is 1. The molecule has 0 atom stereocenters. The maximum absolute atomic E-state index is 12.2. The summed E-state index contributed by atoms with van der Waals surface area (Å²) in [7, 11) is 1.55. The van der Waals surface area contributed by atoms with Crippen LogP contribution in [-0.2, 0) is 0 Å². The van der Waals surface area contributed by atoms with Crippen molar-refractivity contribution >= 4 is 22.6 Å². The lowest BCUT2D eigenvalue weighted by Crippen LogP contribution is -2.30. The molecule has 1 heterocycles. The molecule has 1 aromatic carbocycles. The summed E-state index contributed by atoms with van der Waals surface area (Å²) in [4.78, 5) is 26.7. The first kappa shape index (κ1) is 13.7. The Kier molecular flexibility index (Phi) is 4.05. The number of anilines is 1. The van der Waals surface area contributed by atoms with Crippen LogP contribution in [-0.4, -0.2) is 24.7 Å². The van der Waals surface area contributed by atoms with E-state index in [1.165, 1.54) is 6.20 Å². The fourth-order valence-corrected chi connectivity index (χ4v) is 1.75. The molecule has 2 rings (SSSR count). The van der Waals surface area contributed by atoms with Crippen molar-refractivity contribution in [1.82, 2.24) is 10.3 Å². The highest BCUT2D eigenvalue weighted by atomic mass is 16.5. The van der Waals surface area contributed by atoms with Crippen molar-refractivity contribution in [3.63, 3.8) is 0 Å². The van der Waals surface area contributed by atoms with Crippen LogP contribution in [0.5, 0.6) is 5.75 Å². The first-order chi connectivity index (χ1) is 9.65. The Bertz CT molecular complexity index is 706. The quantitative estimate of drug-likeness (QED) is 0.743. The van der Waals surface area contributed by atoms with E-state index < -0.39 is 6.03 Å². The van der Waals surface area contributed by atoms with E-state index in [-0.39, 0.29) is 11.1 Å². The number of amides is 2. The van der Waals surface area contributed by atoms with Crippen LogP contribution in [0.4, 0.5) is 10.5 Å². The fourth-order valence-electron chi connectivity index (χ4n) is 1.75. The molecule has 2 amide bonds. The fraction of sp³-hybridized carbons (Fsp3) is 0.143. The second kappa shape index (κ2) is 5.92. The van der Waals surface area contributed by atoms with Crippen molar-refractivity contribution < 1.29 is 9.53 Å². The zero-order valence-corrected chi connectivity index (χ0v) is 11.0. The lowest BCUT2D eigenvalue weighted by Gasteiger charge is -2.07. The van der Waals surface area contributed by atoms with E-state index in [1.54, 1.807) is 31.4 Å². The van der Waals surface area contributed by atoms with E-state index in [0.29, 0.717) is 23.2 Å². The number of fused-ring (bicyclic) bond motifs is 1. The van der Waals surface area contributed by atoms with Crippen LogP contribution in [0.25, 0.3) is 10.9 Å². The van der Waals surface area contributed by atoms with Crippen LogP contribution in [0.15, 0.2) is 41.8 Å². The van der Waals surface area contributed by atoms with Crippen LogP contribution in [0.1, 0.15) is 0 Å². The van der Waals surface area contributed by atoms with Crippen molar-refractivity contribution in [2.24, 2.45) is 0 Å². The van der Waals surface area contributed by atoms with Crippen molar-refractivity contribution in [3.05, 3.63) is 47.3 Å². The van der Waals surface area contributed by atoms with E-state index in [1.807, 2.05) is 0 Å². The summed E-state index contributed by atoms with van der Waals surface area (Å²) in [6, 6.07) is 4.61. The number of ether oxygens (including phenoxy) is 1. The number of benzene rings is 1. The average molecular weight is 273 g/mol. The lowest BCUT2D eigenvalue weighted by atomic mass is 10.2. The highest BCUT2D eigenvalue weighted by Crippen LogP contribution is 2.17. The average Bonchev–Trinajstić information content (AvgIpc) is 2.47. The third-order valence-electron chi connectivity index (χ3n) is 2.74. The van der Waals surface area contributed by atoms with Gasteiger partial charge in [0, 0.05) is 24.2 Å². The van der Waals surface area contributed by atoms with Crippen molar-refractivity contribution in [2.75, 3.05) is 19.0 Å². The lowest BCUT2D eigenvalue weighted by molar-refractivity contribution is 0.253. The van der Waals surface area contributed by atoms with Crippen molar-refractivity contribution in [3.8, 4) is 5.75 Å². The van der Waals surface area contributed by atoms with Crippen molar-refractivity contribution in [1.29, 1.82) is 0 Å². The van der Waals surface area contributed by atoms with Crippen LogP contribution < -0.4 is 20.8 Å². The number of carbonyl (C=O) groups is 1. The van der Waals surface area contributed by atoms with E-state index >= 15 is 0 Å². The SMILES string of the molecule is C=CCNC(=O)Nc1c[nH]c2cc(OC)ccc2c1=O. The van der Waals surface area contributed by atoms with Gasteiger partial charge >= 0.3 is 6.03 Å². The molecule has 0 bridgehead atoms. The largest absolute Gasteiger partial charge is 0.497 e. The highest BCUT2D eigenvalue weighted by molar-refractivity contribution is 5.92. The van der Waals surface area contributed by atoms with Crippen LogP contribution in [0.2, 0.25) is 0 Å². The number of nitrogens with one attached hydrogen (secondary N) is 3. The highest BCUT2D eigenvalue weighted by Gasteiger charge is 2.08. The van der Waals surface area contributed by atoms with Gasteiger partial charge in [-0.05, 0) is 12.1 Å². The van der Waals surface area contributed by atoms with Gasteiger partial charge in [-0.1, -0.05) is 6.08 Å². The zero-order valence-electron chi connectivity index (χ0n) is 11.0. The maximum Gasteiger partial charge on any atom is 0.319 e. The van der Waals surface area contributed by atoms with Gasteiger partial charge in [0.25, 0.3) is 0 Å². The minimum Gasteiger partial charge on any atom is -0.497 e. The number of pyridine rings is 1. The second-order valence-corrected chi connectivity index (χ2v) is 4.07. The molecule has 0 saturated carbocycles. The van der Waals surface area contributed by atoms with E-state index in [0.717, 1.165) is 0 Å². The Morgan fingerprint density at radius 1 is 1.50 bits per heavy atom. The van der Waals surface area contributed by atoms with Gasteiger partial charge in [0.1, 0.15) is 11.4 Å². The molecule has 0 aliphatic heterocycles. The third kappa shape index (κ3) is 2.80. The van der Waals surface area contributed by atoms with E-state index in [9.17, 15) is 9.59 Å². The topological polar surface area (TPSA) is 83.2 Å². The number of rotatable bonds is 4. The summed E-state index contributed by atoms with van der Waals surface area (Å²) in [5, 5.41) is 5.51. The van der Waals surface area contributed by atoms with E-state index in [2.05, 4.69) is 22.2 Å². The smallest absolute Gasteiger partial charge is 0.319 e. The van der Waals surface area contributed by atoms with Gasteiger partial charge in [0.15, 0.2) is 0 Å². The summed E-state index contributed by atoms with van der Waals surface area (Å²) >= 11 is 0. The maximum atomic E-state index is 12.2. The normalized spacial score (nSPS) is 10.1. The predicted octanol–water partition coefficient (Wildman–Crippen LogP) is 1.84. The molecule has 0 aliphatic rings. The second-order valence-electron chi connectivity index (χ2n) is 4.07. The number of carbonyl (C=O) groups excluding carboxylic acids is 1. The molecule has 0 spiro atoms. The Labute approximate surface area is 115 Å². The summed E-state index contributed by atoms with van der Waals surface area (Å²) in [5.41, 5.74) is 0.575. The van der Waals surface area contributed by atoms with Gasteiger partial charge in [-0.3, -0.25) is 4.79 Å². The Balaban J connectivity index is 2.32. The third-order valence-corrected chi connectivity index (χ3v) is 2.74. The molecule has 2 aromatic rings. The number of hydrogen-bond donors (Lipinski definition) is 3. The monoisotopic (exact) mass is 273 g/mol. The molecule has 104 valence electrons. The molecular weight excluding hydrogens is 258 g/mol. The predicted molar refractivity (Wildman–Crippen MR) is 78.3 cm³/mol. The van der Waals surface area contributed by atoms with Crippen LogP contribution in [0.3, 0.4) is 0 Å². The summed E-state index contributed by atoms with van der Waals surface area (Å²) in [5.74, 6) is 0.651.